The second kappa shape index (κ2) is 5.53. The molecule has 17 heavy (non-hydrogen) atoms. The van der Waals surface area contributed by atoms with Gasteiger partial charge in [0.05, 0.1) is 12.6 Å². The highest BCUT2D eigenvalue weighted by Gasteiger charge is 2.23. The monoisotopic (exact) mass is 242 g/mol. The maximum Gasteiger partial charge on any atom is 0.130 e. The molecule has 0 aliphatic carbocycles. The van der Waals surface area contributed by atoms with Gasteiger partial charge >= 0.3 is 0 Å². The number of piperazine rings is 1. The van der Waals surface area contributed by atoms with Gasteiger partial charge in [-0.2, -0.15) is 0 Å². The predicted octanol–water partition coefficient (Wildman–Crippen LogP) is 0.903. The Hall–Kier alpha value is -1.04. The number of aliphatic hydroxyl groups is 1. The molecule has 1 aromatic carbocycles. The SMILES string of the molecule is OC[C@@H](c1ccc(F)cc1F)N1CCNCC1. The lowest BCUT2D eigenvalue weighted by Gasteiger charge is -2.34. The standard InChI is InChI=1S/C12H16F2N2O/c13-9-1-2-10(11(14)7-9)12(8-17)16-5-3-15-4-6-16/h1-2,7,12,15,17H,3-6,8H2/t12-/m0/s1. The van der Waals surface area contributed by atoms with Crippen LogP contribution in [-0.4, -0.2) is 42.8 Å². The van der Waals surface area contributed by atoms with Gasteiger partial charge < -0.3 is 10.4 Å². The van der Waals surface area contributed by atoms with Gasteiger partial charge in [0.15, 0.2) is 0 Å². The van der Waals surface area contributed by atoms with Gasteiger partial charge in [0, 0.05) is 37.8 Å². The number of nitrogens with zero attached hydrogens (tertiary/aromatic N) is 1. The third-order valence-corrected chi connectivity index (χ3v) is 3.09. The molecule has 1 atom stereocenters. The summed E-state index contributed by atoms with van der Waals surface area (Å²) in [5.74, 6) is -1.19. The first-order chi connectivity index (χ1) is 8.22. The van der Waals surface area contributed by atoms with Crippen LogP contribution in [0.2, 0.25) is 0 Å². The van der Waals surface area contributed by atoms with E-state index in [4.69, 9.17) is 0 Å². The Morgan fingerprint density at radius 1 is 1.29 bits per heavy atom. The molecule has 1 aliphatic rings. The molecule has 1 heterocycles. The van der Waals surface area contributed by atoms with E-state index in [9.17, 15) is 13.9 Å². The molecule has 0 radical (unpaired) electrons. The minimum absolute atomic E-state index is 0.164. The van der Waals surface area contributed by atoms with Crippen LogP contribution >= 0.6 is 0 Å². The van der Waals surface area contributed by atoms with E-state index >= 15 is 0 Å². The van der Waals surface area contributed by atoms with E-state index in [1.54, 1.807) is 0 Å². The molecular weight excluding hydrogens is 226 g/mol. The van der Waals surface area contributed by atoms with Crippen LogP contribution in [0.5, 0.6) is 0 Å². The molecule has 2 rings (SSSR count). The van der Waals surface area contributed by atoms with Crippen LogP contribution in [-0.2, 0) is 0 Å². The van der Waals surface area contributed by atoms with Crippen LogP contribution in [0.25, 0.3) is 0 Å². The van der Waals surface area contributed by atoms with Crippen molar-refractivity contribution in [1.82, 2.24) is 10.2 Å². The van der Waals surface area contributed by atoms with Gasteiger partial charge in [-0.3, -0.25) is 4.90 Å². The molecule has 0 saturated carbocycles. The molecule has 1 aliphatic heterocycles. The van der Waals surface area contributed by atoms with Crippen LogP contribution in [0.3, 0.4) is 0 Å². The Kier molecular flexibility index (Phi) is 4.04. The van der Waals surface area contributed by atoms with E-state index in [0.29, 0.717) is 5.56 Å². The fourth-order valence-corrected chi connectivity index (χ4v) is 2.18. The lowest BCUT2D eigenvalue weighted by atomic mass is 10.0. The second-order valence-corrected chi connectivity index (χ2v) is 4.15. The van der Waals surface area contributed by atoms with Crippen molar-refractivity contribution >= 4 is 0 Å². The van der Waals surface area contributed by atoms with E-state index in [-0.39, 0.29) is 6.61 Å². The summed E-state index contributed by atoms with van der Waals surface area (Å²) >= 11 is 0. The van der Waals surface area contributed by atoms with Gasteiger partial charge in [-0.1, -0.05) is 6.07 Å². The Labute approximate surface area is 99.1 Å². The first-order valence-corrected chi connectivity index (χ1v) is 5.73. The van der Waals surface area contributed by atoms with Crippen LogP contribution in [0, 0.1) is 11.6 Å². The largest absolute Gasteiger partial charge is 0.394 e. The van der Waals surface area contributed by atoms with Crippen LogP contribution in [0.1, 0.15) is 11.6 Å². The van der Waals surface area contributed by atoms with Gasteiger partial charge in [0.1, 0.15) is 11.6 Å². The van der Waals surface area contributed by atoms with Gasteiger partial charge in [0.2, 0.25) is 0 Å². The van der Waals surface area contributed by atoms with Gasteiger partial charge in [0.25, 0.3) is 0 Å². The molecule has 94 valence electrons. The number of aliphatic hydroxyl groups excluding tert-OH is 1. The van der Waals surface area contributed by atoms with Crippen molar-refractivity contribution in [3.8, 4) is 0 Å². The minimum Gasteiger partial charge on any atom is -0.394 e. The van der Waals surface area contributed by atoms with Crippen LogP contribution in [0.15, 0.2) is 18.2 Å². The summed E-state index contributed by atoms with van der Waals surface area (Å²) in [6.07, 6.45) is 0. The summed E-state index contributed by atoms with van der Waals surface area (Å²) in [7, 11) is 0. The third kappa shape index (κ3) is 2.80. The third-order valence-electron chi connectivity index (χ3n) is 3.09. The van der Waals surface area contributed by atoms with E-state index < -0.39 is 17.7 Å². The molecule has 0 aromatic heterocycles. The highest BCUT2D eigenvalue weighted by atomic mass is 19.1. The lowest BCUT2D eigenvalue weighted by Crippen LogP contribution is -2.46. The number of rotatable bonds is 3. The highest BCUT2D eigenvalue weighted by Crippen LogP contribution is 2.23. The molecule has 0 amide bonds. The van der Waals surface area contributed by atoms with E-state index in [1.165, 1.54) is 12.1 Å². The molecule has 1 saturated heterocycles. The average Bonchev–Trinajstić information content (AvgIpc) is 2.34. The first kappa shape index (κ1) is 12.4. The number of hydrogen-bond acceptors (Lipinski definition) is 3. The molecule has 3 nitrogen and oxygen atoms in total. The van der Waals surface area contributed by atoms with Gasteiger partial charge in [-0.25, -0.2) is 8.78 Å². The molecule has 1 aromatic rings. The zero-order valence-electron chi connectivity index (χ0n) is 9.50. The van der Waals surface area contributed by atoms with Crippen molar-refractivity contribution < 1.29 is 13.9 Å². The fraction of sp³-hybridized carbons (Fsp3) is 0.500. The van der Waals surface area contributed by atoms with Crippen molar-refractivity contribution in [2.45, 2.75) is 6.04 Å². The first-order valence-electron chi connectivity index (χ1n) is 5.73. The molecule has 0 spiro atoms. The second-order valence-electron chi connectivity index (χ2n) is 4.15. The summed E-state index contributed by atoms with van der Waals surface area (Å²) in [4.78, 5) is 2.01. The average molecular weight is 242 g/mol. The van der Waals surface area contributed by atoms with E-state index in [1.807, 2.05) is 4.90 Å². The van der Waals surface area contributed by atoms with Crippen LogP contribution in [0.4, 0.5) is 8.78 Å². The topological polar surface area (TPSA) is 35.5 Å². The summed E-state index contributed by atoms with van der Waals surface area (Å²) in [6.45, 7) is 2.98. The summed E-state index contributed by atoms with van der Waals surface area (Å²) < 4.78 is 26.5. The maximum atomic E-state index is 13.6. The maximum absolute atomic E-state index is 13.6. The number of nitrogens with one attached hydrogen (secondary N) is 1. The molecular formula is C12H16F2N2O. The van der Waals surface area contributed by atoms with Crippen LogP contribution < -0.4 is 5.32 Å². The molecule has 0 unspecified atom stereocenters. The summed E-state index contributed by atoms with van der Waals surface area (Å²) in [5, 5.41) is 12.6. The Balaban J connectivity index is 2.21. The van der Waals surface area contributed by atoms with Crippen molar-refractivity contribution in [3.63, 3.8) is 0 Å². The molecule has 5 heteroatoms. The number of halogens is 2. The minimum atomic E-state index is -0.595. The molecule has 2 N–H and O–H groups in total. The Morgan fingerprint density at radius 2 is 2.00 bits per heavy atom. The Bertz CT molecular complexity index is 381. The van der Waals surface area contributed by atoms with Crippen molar-refractivity contribution in [2.24, 2.45) is 0 Å². The highest BCUT2D eigenvalue weighted by molar-refractivity contribution is 5.22. The van der Waals surface area contributed by atoms with E-state index in [0.717, 1.165) is 32.2 Å². The van der Waals surface area contributed by atoms with Crippen molar-refractivity contribution in [2.75, 3.05) is 32.8 Å². The lowest BCUT2D eigenvalue weighted by molar-refractivity contribution is 0.108. The van der Waals surface area contributed by atoms with Crippen molar-refractivity contribution in [3.05, 3.63) is 35.4 Å². The van der Waals surface area contributed by atoms with Crippen molar-refractivity contribution in [1.29, 1.82) is 0 Å². The molecule has 1 fully saturated rings. The van der Waals surface area contributed by atoms with E-state index in [2.05, 4.69) is 5.32 Å². The number of hydrogen-bond donors (Lipinski definition) is 2. The Morgan fingerprint density at radius 3 is 2.59 bits per heavy atom. The van der Waals surface area contributed by atoms with Gasteiger partial charge in [-0.05, 0) is 6.07 Å². The van der Waals surface area contributed by atoms with Gasteiger partial charge in [-0.15, -0.1) is 0 Å². The fourth-order valence-electron chi connectivity index (χ4n) is 2.18. The zero-order valence-corrected chi connectivity index (χ0v) is 9.50. The zero-order chi connectivity index (χ0) is 12.3. The molecule has 0 bridgehead atoms. The number of benzene rings is 1. The normalized spacial score (nSPS) is 19.2. The smallest absolute Gasteiger partial charge is 0.130 e. The summed E-state index contributed by atoms with van der Waals surface area (Å²) in [6, 6.07) is 3.11. The quantitative estimate of drug-likeness (QED) is 0.826. The summed E-state index contributed by atoms with van der Waals surface area (Å²) in [5.41, 5.74) is 0.357. The predicted molar refractivity (Wildman–Crippen MR) is 60.6 cm³/mol.